The van der Waals surface area contributed by atoms with Crippen LogP contribution in [0.5, 0.6) is 11.5 Å². The molecule has 0 radical (unpaired) electrons. The number of methoxy groups -OCH3 is 1. The lowest BCUT2D eigenvalue weighted by Gasteiger charge is -2.02. The Kier molecular flexibility index (Phi) is 4.53. The van der Waals surface area contributed by atoms with E-state index < -0.39 is 0 Å². The van der Waals surface area contributed by atoms with Crippen molar-refractivity contribution in [2.75, 3.05) is 7.11 Å². The predicted octanol–water partition coefficient (Wildman–Crippen LogP) is 2.81. The van der Waals surface area contributed by atoms with E-state index in [0.717, 1.165) is 15.6 Å². The molecule has 0 aliphatic heterocycles. The number of benzene rings is 1. The van der Waals surface area contributed by atoms with Crippen molar-refractivity contribution in [3.8, 4) is 11.5 Å². The number of aryl methyl sites for hydroxylation is 1. The topological polar surface area (TPSA) is 46.2 Å². The highest BCUT2D eigenvalue weighted by Gasteiger charge is 2.13. The largest absolute Gasteiger partial charge is 0.504 e. The summed E-state index contributed by atoms with van der Waals surface area (Å²) in [5, 5.41) is 16.2. The van der Waals surface area contributed by atoms with Crippen LogP contribution < -0.4 is 9.42 Å². The Labute approximate surface area is 122 Å². The van der Waals surface area contributed by atoms with Crippen molar-refractivity contribution in [3.05, 3.63) is 46.4 Å². The van der Waals surface area contributed by atoms with Crippen molar-refractivity contribution >= 4 is 23.5 Å². The maximum absolute atomic E-state index is 9.74. The van der Waals surface area contributed by atoms with E-state index in [1.807, 2.05) is 35.9 Å². The fourth-order valence-corrected chi connectivity index (χ4v) is 2.59. The molecule has 1 N–H and O–H groups in total. The van der Waals surface area contributed by atoms with Gasteiger partial charge in [-0.2, -0.15) is 0 Å². The molecule has 2 rings (SSSR count). The molecule has 0 spiro atoms. The van der Waals surface area contributed by atoms with E-state index in [1.165, 1.54) is 7.11 Å². The van der Waals surface area contributed by atoms with E-state index in [-0.39, 0.29) is 5.75 Å². The summed E-state index contributed by atoms with van der Waals surface area (Å²) in [6.07, 6.45) is 5.73. The summed E-state index contributed by atoms with van der Waals surface area (Å²) in [6.45, 7) is 6.38. The molecule has 0 aliphatic rings. The minimum atomic E-state index is 0.133. The van der Waals surface area contributed by atoms with Gasteiger partial charge in [0.2, 0.25) is 0 Å². The van der Waals surface area contributed by atoms with Gasteiger partial charge in [0.1, 0.15) is 0 Å². The Morgan fingerprint density at radius 2 is 2.25 bits per heavy atom. The van der Waals surface area contributed by atoms with Crippen LogP contribution >= 0.6 is 11.3 Å². The summed E-state index contributed by atoms with van der Waals surface area (Å²) in [5.41, 5.74) is 0.902. The smallest absolute Gasteiger partial charge is 0.289 e. The van der Waals surface area contributed by atoms with Gasteiger partial charge in [0.05, 0.1) is 7.11 Å². The zero-order chi connectivity index (χ0) is 14.5. The standard InChI is InChI=1S/C15H16N2O2S/c1-4-9-17-15(20-11(2)16-17)8-6-12-5-7-14(19-3)13(18)10-12/h4-8,10H,1,9H2,2-3H3/p+1. The van der Waals surface area contributed by atoms with Crippen LogP contribution in [0.15, 0.2) is 30.9 Å². The monoisotopic (exact) mass is 289 g/mol. The van der Waals surface area contributed by atoms with Gasteiger partial charge >= 0.3 is 0 Å². The Balaban J connectivity index is 2.24. The number of phenols is 1. The molecule has 0 amide bonds. The zero-order valence-electron chi connectivity index (χ0n) is 11.5. The van der Waals surface area contributed by atoms with Crippen LogP contribution in [-0.2, 0) is 6.54 Å². The average Bonchev–Trinajstić information content (AvgIpc) is 2.77. The van der Waals surface area contributed by atoms with Gasteiger partial charge < -0.3 is 9.84 Å². The predicted molar refractivity (Wildman–Crippen MR) is 80.8 cm³/mol. The first-order valence-electron chi connectivity index (χ1n) is 6.17. The van der Waals surface area contributed by atoms with Crippen LogP contribution in [0.1, 0.15) is 15.6 Å². The van der Waals surface area contributed by atoms with Crippen molar-refractivity contribution in [3.63, 3.8) is 0 Å². The number of aromatic nitrogens is 2. The normalized spacial score (nSPS) is 10.9. The second-order valence-electron chi connectivity index (χ2n) is 4.19. The molecule has 1 aromatic carbocycles. The molecule has 0 bridgehead atoms. The molecule has 0 aliphatic carbocycles. The number of hydrogen-bond acceptors (Lipinski definition) is 4. The molecule has 0 unspecified atom stereocenters. The molecule has 0 saturated heterocycles. The van der Waals surface area contributed by atoms with Crippen LogP contribution in [0.2, 0.25) is 0 Å². The van der Waals surface area contributed by atoms with Crippen molar-refractivity contribution < 1.29 is 14.5 Å². The highest BCUT2D eigenvalue weighted by Crippen LogP contribution is 2.27. The fourth-order valence-electron chi connectivity index (χ4n) is 1.80. The third-order valence-electron chi connectivity index (χ3n) is 2.69. The molecule has 5 heteroatoms. The second-order valence-corrected chi connectivity index (χ2v) is 5.41. The molecule has 20 heavy (non-hydrogen) atoms. The maximum Gasteiger partial charge on any atom is 0.289 e. The molecule has 0 fully saturated rings. The number of aromatic hydroxyl groups is 1. The average molecular weight is 289 g/mol. The Morgan fingerprint density at radius 3 is 2.90 bits per heavy atom. The van der Waals surface area contributed by atoms with Gasteiger partial charge in [0.25, 0.3) is 5.01 Å². The van der Waals surface area contributed by atoms with E-state index in [2.05, 4.69) is 11.7 Å². The number of rotatable bonds is 5. The lowest BCUT2D eigenvalue weighted by Crippen LogP contribution is -2.37. The summed E-state index contributed by atoms with van der Waals surface area (Å²) in [4.78, 5) is 0. The summed E-state index contributed by atoms with van der Waals surface area (Å²) < 4.78 is 6.92. The molecule has 0 atom stereocenters. The van der Waals surface area contributed by atoms with Gasteiger partial charge in [-0.15, -0.1) is 0 Å². The van der Waals surface area contributed by atoms with Crippen molar-refractivity contribution in [1.29, 1.82) is 0 Å². The van der Waals surface area contributed by atoms with Crippen molar-refractivity contribution in [2.45, 2.75) is 13.5 Å². The molecule has 0 saturated carbocycles. The quantitative estimate of drug-likeness (QED) is 0.680. The molecule has 2 aromatic rings. The second kappa shape index (κ2) is 6.34. The van der Waals surface area contributed by atoms with E-state index >= 15 is 0 Å². The maximum atomic E-state index is 9.74. The summed E-state index contributed by atoms with van der Waals surface area (Å²) in [5.74, 6) is 0.603. The van der Waals surface area contributed by atoms with E-state index in [1.54, 1.807) is 23.5 Å². The lowest BCUT2D eigenvalue weighted by molar-refractivity contribution is -0.741. The minimum absolute atomic E-state index is 0.133. The number of ether oxygens (including phenoxy) is 1. The molecule has 1 heterocycles. The number of phenolic OH excluding ortho intramolecular Hbond substituents is 1. The van der Waals surface area contributed by atoms with E-state index in [9.17, 15) is 5.11 Å². The van der Waals surface area contributed by atoms with Crippen molar-refractivity contribution in [1.82, 2.24) is 5.10 Å². The Bertz CT molecular complexity index is 647. The Hall–Kier alpha value is -2.14. The van der Waals surface area contributed by atoms with Gasteiger partial charge in [-0.3, -0.25) is 0 Å². The molecular weight excluding hydrogens is 272 g/mol. The van der Waals surface area contributed by atoms with E-state index in [0.29, 0.717) is 12.3 Å². The first-order chi connectivity index (χ1) is 9.63. The van der Waals surface area contributed by atoms with Gasteiger partial charge in [0, 0.05) is 11.2 Å². The SMILES string of the molecule is C=CC[n+]1nc(C)sc1C=Cc1ccc(OC)c(O)c1. The first kappa shape index (κ1) is 14.3. The lowest BCUT2D eigenvalue weighted by atomic mass is 10.2. The molecule has 104 valence electrons. The van der Waals surface area contributed by atoms with E-state index in [4.69, 9.17) is 4.74 Å². The molecule has 4 nitrogen and oxygen atoms in total. The molecule has 1 aromatic heterocycles. The zero-order valence-corrected chi connectivity index (χ0v) is 12.4. The summed E-state index contributed by atoms with van der Waals surface area (Å²) in [7, 11) is 1.53. The third kappa shape index (κ3) is 3.24. The van der Waals surface area contributed by atoms with Crippen LogP contribution in [0.4, 0.5) is 0 Å². The van der Waals surface area contributed by atoms with Gasteiger partial charge in [-0.25, -0.2) is 0 Å². The van der Waals surface area contributed by atoms with Crippen LogP contribution in [0.25, 0.3) is 12.2 Å². The van der Waals surface area contributed by atoms with Gasteiger partial charge in [-0.1, -0.05) is 17.3 Å². The third-order valence-corrected chi connectivity index (χ3v) is 3.62. The van der Waals surface area contributed by atoms with Crippen LogP contribution in [0.3, 0.4) is 0 Å². The van der Waals surface area contributed by atoms with Crippen molar-refractivity contribution in [2.24, 2.45) is 0 Å². The minimum Gasteiger partial charge on any atom is -0.504 e. The Morgan fingerprint density at radius 1 is 1.45 bits per heavy atom. The summed E-state index contributed by atoms with van der Waals surface area (Å²) >= 11 is 1.62. The number of hydrogen-bond donors (Lipinski definition) is 1. The van der Waals surface area contributed by atoms with Crippen LogP contribution in [0, 0.1) is 6.92 Å². The van der Waals surface area contributed by atoms with Gasteiger partial charge in [0.15, 0.2) is 23.1 Å². The van der Waals surface area contributed by atoms with Crippen LogP contribution in [-0.4, -0.2) is 17.3 Å². The summed E-state index contributed by atoms with van der Waals surface area (Å²) in [6, 6.07) is 5.30. The fraction of sp³-hybridized carbons (Fsp3) is 0.200. The molecular formula is C15H17N2O2S+. The highest BCUT2D eigenvalue weighted by atomic mass is 32.1. The number of nitrogens with zero attached hydrogens (tertiary/aromatic N) is 2. The van der Waals surface area contributed by atoms with Gasteiger partial charge in [-0.05, 0) is 48.1 Å². The first-order valence-corrected chi connectivity index (χ1v) is 6.99. The highest BCUT2D eigenvalue weighted by molar-refractivity contribution is 7.11. The number of allylic oxidation sites excluding steroid dienone is 1.